The highest BCUT2D eigenvalue weighted by Crippen LogP contribution is 2.14. The fraction of sp³-hybridized carbons (Fsp3) is 0.333. The van der Waals surface area contributed by atoms with Gasteiger partial charge in [0, 0.05) is 49.9 Å². The molecule has 0 aromatic carbocycles. The Bertz CT molecular complexity index is 866. The van der Waals surface area contributed by atoms with Crippen LogP contribution in [0.25, 0.3) is 5.82 Å². The number of carbonyl (C=O) groups is 1. The molecule has 3 aromatic rings. The van der Waals surface area contributed by atoms with Crippen molar-refractivity contribution in [2.45, 2.75) is 33.2 Å². The van der Waals surface area contributed by atoms with E-state index in [4.69, 9.17) is 0 Å². The van der Waals surface area contributed by atoms with Crippen LogP contribution in [0.4, 0.5) is 0 Å². The molecule has 0 saturated heterocycles. The van der Waals surface area contributed by atoms with Crippen molar-refractivity contribution in [3.05, 3.63) is 59.3 Å². The highest BCUT2D eigenvalue weighted by atomic mass is 16.1. The van der Waals surface area contributed by atoms with Crippen LogP contribution in [0.1, 0.15) is 28.9 Å². The van der Waals surface area contributed by atoms with Gasteiger partial charge in [0.05, 0.1) is 5.69 Å². The molecule has 0 unspecified atom stereocenters. The number of aryl methyl sites for hydroxylation is 2. The maximum absolute atomic E-state index is 12.2. The molecule has 3 rings (SSSR count). The Hall–Kier alpha value is -2.96. The van der Waals surface area contributed by atoms with Crippen LogP contribution in [0.3, 0.4) is 0 Å². The number of nitrogens with one attached hydrogen (secondary N) is 1. The molecule has 0 radical (unpaired) electrons. The van der Waals surface area contributed by atoms with Gasteiger partial charge in [0.2, 0.25) is 5.91 Å². The normalized spacial score (nSPS) is 10.8. The quantitative estimate of drug-likeness (QED) is 0.744. The van der Waals surface area contributed by atoms with Gasteiger partial charge in [-0.1, -0.05) is 6.07 Å². The van der Waals surface area contributed by atoms with E-state index < -0.39 is 0 Å². The summed E-state index contributed by atoms with van der Waals surface area (Å²) < 4.78 is 3.55. The van der Waals surface area contributed by atoms with E-state index in [2.05, 4.69) is 20.5 Å². The fourth-order valence-electron chi connectivity index (χ4n) is 2.87. The van der Waals surface area contributed by atoms with E-state index in [-0.39, 0.29) is 5.91 Å². The van der Waals surface area contributed by atoms with E-state index in [0.29, 0.717) is 19.4 Å². The molecule has 0 aliphatic rings. The number of rotatable bonds is 6. The van der Waals surface area contributed by atoms with Gasteiger partial charge in [-0.15, -0.1) is 0 Å². The minimum Gasteiger partial charge on any atom is -0.352 e. The van der Waals surface area contributed by atoms with Crippen LogP contribution in [0.15, 0.2) is 36.8 Å². The van der Waals surface area contributed by atoms with E-state index in [1.807, 2.05) is 50.0 Å². The van der Waals surface area contributed by atoms with Gasteiger partial charge in [-0.2, -0.15) is 10.2 Å². The Morgan fingerprint density at radius 1 is 1.24 bits per heavy atom. The van der Waals surface area contributed by atoms with Crippen molar-refractivity contribution in [1.29, 1.82) is 0 Å². The molecule has 0 aliphatic carbocycles. The molecule has 3 heterocycles. The number of carbonyl (C=O) groups excluding carboxylic acids is 1. The molecule has 25 heavy (non-hydrogen) atoms. The molecule has 0 fully saturated rings. The average molecular weight is 338 g/mol. The predicted octanol–water partition coefficient (Wildman–Crippen LogP) is 1.87. The molecule has 1 N–H and O–H groups in total. The number of pyridine rings is 1. The standard InChI is InChI=1S/C18H22N6O/c1-13-16(14(2)23(3)22-13)7-8-17(25)20-12-15-6-4-9-19-18(15)24-11-5-10-21-24/h4-6,9-11H,7-8,12H2,1-3H3,(H,20,25). The Morgan fingerprint density at radius 2 is 2.08 bits per heavy atom. The van der Waals surface area contributed by atoms with Crippen molar-refractivity contribution < 1.29 is 4.79 Å². The average Bonchev–Trinajstić information content (AvgIpc) is 3.21. The summed E-state index contributed by atoms with van der Waals surface area (Å²) in [6.07, 6.45) is 6.38. The van der Waals surface area contributed by atoms with Crippen LogP contribution in [0, 0.1) is 13.8 Å². The predicted molar refractivity (Wildman–Crippen MR) is 94.2 cm³/mol. The van der Waals surface area contributed by atoms with Crippen LogP contribution in [-0.4, -0.2) is 30.5 Å². The lowest BCUT2D eigenvalue weighted by molar-refractivity contribution is -0.121. The lowest BCUT2D eigenvalue weighted by atomic mass is 10.1. The van der Waals surface area contributed by atoms with Crippen LogP contribution >= 0.6 is 0 Å². The first-order valence-electron chi connectivity index (χ1n) is 8.26. The number of aromatic nitrogens is 5. The first kappa shape index (κ1) is 16.9. The summed E-state index contributed by atoms with van der Waals surface area (Å²) in [6, 6.07) is 5.64. The molecule has 0 spiro atoms. The molecule has 0 bridgehead atoms. The summed E-state index contributed by atoms with van der Waals surface area (Å²) in [5.41, 5.74) is 4.17. The van der Waals surface area contributed by atoms with Gasteiger partial charge in [-0.05, 0) is 38.0 Å². The van der Waals surface area contributed by atoms with Crippen molar-refractivity contribution >= 4 is 5.91 Å². The number of hydrogen-bond acceptors (Lipinski definition) is 4. The van der Waals surface area contributed by atoms with E-state index >= 15 is 0 Å². The van der Waals surface area contributed by atoms with Gasteiger partial charge in [0.1, 0.15) is 0 Å². The molecule has 130 valence electrons. The fourth-order valence-corrected chi connectivity index (χ4v) is 2.87. The zero-order valence-corrected chi connectivity index (χ0v) is 14.7. The maximum Gasteiger partial charge on any atom is 0.220 e. The Labute approximate surface area is 146 Å². The molecule has 0 aliphatic heterocycles. The third kappa shape index (κ3) is 3.76. The van der Waals surface area contributed by atoms with Gasteiger partial charge in [-0.25, -0.2) is 9.67 Å². The van der Waals surface area contributed by atoms with Gasteiger partial charge < -0.3 is 5.32 Å². The third-order valence-corrected chi connectivity index (χ3v) is 4.33. The molecule has 1 amide bonds. The number of amides is 1. The minimum absolute atomic E-state index is 0.0120. The largest absolute Gasteiger partial charge is 0.352 e. The SMILES string of the molecule is Cc1nn(C)c(C)c1CCC(=O)NCc1cccnc1-n1cccn1. The van der Waals surface area contributed by atoms with Crippen molar-refractivity contribution in [1.82, 2.24) is 29.9 Å². The zero-order valence-electron chi connectivity index (χ0n) is 14.7. The number of hydrogen-bond donors (Lipinski definition) is 1. The summed E-state index contributed by atoms with van der Waals surface area (Å²) in [5.74, 6) is 0.740. The van der Waals surface area contributed by atoms with Crippen molar-refractivity contribution in [2.75, 3.05) is 0 Å². The van der Waals surface area contributed by atoms with Crippen LogP contribution < -0.4 is 5.32 Å². The van der Waals surface area contributed by atoms with E-state index in [9.17, 15) is 4.79 Å². The van der Waals surface area contributed by atoms with E-state index in [1.54, 1.807) is 17.1 Å². The topological polar surface area (TPSA) is 77.6 Å². The molecule has 3 aromatic heterocycles. The first-order valence-corrected chi connectivity index (χ1v) is 8.26. The lowest BCUT2D eigenvalue weighted by Crippen LogP contribution is -2.24. The Balaban J connectivity index is 1.60. The summed E-state index contributed by atoms with van der Waals surface area (Å²) >= 11 is 0. The van der Waals surface area contributed by atoms with Gasteiger partial charge in [0.25, 0.3) is 0 Å². The van der Waals surface area contributed by atoms with E-state index in [1.165, 1.54) is 0 Å². The summed E-state index contributed by atoms with van der Waals surface area (Å²) in [4.78, 5) is 16.6. The lowest BCUT2D eigenvalue weighted by Gasteiger charge is -2.10. The minimum atomic E-state index is 0.0120. The molecular weight excluding hydrogens is 316 g/mol. The molecular formula is C18H22N6O. The molecule has 0 saturated carbocycles. The van der Waals surface area contributed by atoms with E-state index in [0.717, 1.165) is 28.3 Å². The van der Waals surface area contributed by atoms with Crippen LogP contribution in [0.5, 0.6) is 0 Å². The smallest absolute Gasteiger partial charge is 0.220 e. The van der Waals surface area contributed by atoms with Gasteiger partial charge >= 0.3 is 0 Å². The van der Waals surface area contributed by atoms with Crippen molar-refractivity contribution in [3.8, 4) is 5.82 Å². The van der Waals surface area contributed by atoms with Crippen LogP contribution in [-0.2, 0) is 24.8 Å². The van der Waals surface area contributed by atoms with Crippen LogP contribution in [0.2, 0.25) is 0 Å². The highest BCUT2D eigenvalue weighted by Gasteiger charge is 2.12. The summed E-state index contributed by atoms with van der Waals surface area (Å²) in [7, 11) is 1.92. The maximum atomic E-state index is 12.2. The van der Waals surface area contributed by atoms with Crippen molar-refractivity contribution in [2.24, 2.45) is 7.05 Å². The second kappa shape index (κ2) is 7.29. The summed E-state index contributed by atoms with van der Waals surface area (Å²) in [6.45, 7) is 4.43. The molecule has 7 nitrogen and oxygen atoms in total. The Kier molecular flexibility index (Phi) is 4.92. The number of nitrogens with zero attached hydrogens (tertiary/aromatic N) is 5. The Morgan fingerprint density at radius 3 is 2.76 bits per heavy atom. The van der Waals surface area contributed by atoms with Gasteiger partial charge in [0.15, 0.2) is 5.82 Å². The second-order valence-electron chi connectivity index (χ2n) is 5.99. The van der Waals surface area contributed by atoms with Crippen molar-refractivity contribution in [3.63, 3.8) is 0 Å². The molecule has 0 atom stereocenters. The first-order chi connectivity index (χ1) is 12.1. The molecule has 7 heteroatoms. The summed E-state index contributed by atoms with van der Waals surface area (Å²) in [5, 5.41) is 11.6. The van der Waals surface area contributed by atoms with Gasteiger partial charge in [-0.3, -0.25) is 9.48 Å². The third-order valence-electron chi connectivity index (χ3n) is 4.33. The second-order valence-corrected chi connectivity index (χ2v) is 5.99. The zero-order chi connectivity index (χ0) is 17.8. The highest BCUT2D eigenvalue weighted by molar-refractivity contribution is 5.76. The monoisotopic (exact) mass is 338 g/mol.